The Morgan fingerprint density at radius 2 is 1.39 bits per heavy atom. The van der Waals surface area contributed by atoms with Crippen molar-refractivity contribution >= 4 is 44.1 Å². The summed E-state index contributed by atoms with van der Waals surface area (Å²) in [6.07, 6.45) is 0. The van der Waals surface area contributed by atoms with Crippen molar-refractivity contribution in [2.75, 3.05) is 0 Å². The van der Waals surface area contributed by atoms with E-state index in [-0.39, 0.29) is 18.3 Å². The summed E-state index contributed by atoms with van der Waals surface area (Å²) in [6, 6.07) is 23.7. The van der Waals surface area contributed by atoms with E-state index in [2.05, 4.69) is 94.4 Å². The highest BCUT2D eigenvalue weighted by molar-refractivity contribution is 7.26. The Kier molecular flexibility index (Phi) is 3.96. The number of hydrogen-bond acceptors (Lipinski definition) is 3. The molecular formula is C24H23BO2S. The standard InChI is InChI=1S/C24H23BO2S/c1-23(2)24(3,4)27-25(26-23)17-14-19(16-10-6-5-7-11-16)22-20(15-17)18-12-8-9-13-21(18)28-22/h5-15H,1-4H3. The third kappa shape index (κ3) is 2.71. The van der Waals surface area contributed by atoms with E-state index in [4.69, 9.17) is 9.31 Å². The van der Waals surface area contributed by atoms with E-state index in [0.29, 0.717) is 0 Å². The molecule has 0 spiro atoms. The van der Waals surface area contributed by atoms with Crippen LogP contribution in [0.3, 0.4) is 0 Å². The molecule has 1 fully saturated rings. The Morgan fingerprint density at radius 3 is 2.11 bits per heavy atom. The van der Waals surface area contributed by atoms with E-state index < -0.39 is 0 Å². The van der Waals surface area contributed by atoms with Gasteiger partial charge in [0.1, 0.15) is 0 Å². The maximum atomic E-state index is 6.36. The molecule has 0 amide bonds. The summed E-state index contributed by atoms with van der Waals surface area (Å²) in [5.74, 6) is 0. The molecular weight excluding hydrogens is 363 g/mol. The van der Waals surface area contributed by atoms with E-state index >= 15 is 0 Å². The molecule has 0 radical (unpaired) electrons. The Bertz CT molecular complexity index is 1160. The van der Waals surface area contributed by atoms with E-state index in [1.807, 2.05) is 11.3 Å². The van der Waals surface area contributed by atoms with Gasteiger partial charge in [-0.25, -0.2) is 0 Å². The second-order valence-electron chi connectivity index (χ2n) is 8.50. The van der Waals surface area contributed by atoms with Gasteiger partial charge in [0.25, 0.3) is 0 Å². The molecule has 5 rings (SSSR count). The Hall–Kier alpha value is -2.14. The quantitative estimate of drug-likeness (QED) is 0.392. The lowest BCUT2D eigenvalue weighted by Crippen LogP contribution is -2.41. The summed E-state index contributed by atoms with van der Waals surface area (Å²) in [4.78, 5) is 0. The van der Waals surface area contributed by atoms with Crippen LogP contribution in [0.1, 0.15) is 27.7 Å². The van der Waals surface area contributed by atoms with Gasteiger partial charge in [-0.2, -0.15) is 0 Å². The zero-order valence-corrected chi connectivity index (χ0v) is 17.5. The lowest BCUT2D eigenvalue weighted by molar-refractivity contribution is 0.00578. The van der Waals surface area contributed by atoms with Crippen molar-refractivity contribution in [3.8, 4) is 11.1 Å². The van der Waals surface area contributed by atoms with Gasteiger partial charge in [-0.15, -0.1) is 11.3 Å². The molecule has 1 aliphatic rings. The topological polar surface area (TPSA) is 18.5 Å². The van der Waals surface area contributed by atoms with Gasteiger partial charge >= 0.3 is 7.12 Å². The molecule has 0 bridgehead atoms. The Labute approximate surface area is 170 Å². The summed E-state index contributed by atoms with van der Waals surface area (Å²) in [5, 5.41) is 2.56. The first kappa shape index (κ1) is 17.9. The van der Waals surface area contributed by atoms with Gasteiger partial charge in [-0.1, -0.05) is 60.7 Å². The predicted molar refractivity (Wildman–Crippen MR) is 120 cm³/mol. The zero-order valence-electron chi connectivity index (χ0n) is 16.7. The van der Waals surface area contributed by atoms with Gasteiger partial charge in [-0.3, -0.25) is 0 Å². The van der Waals surface area contributed by atoms with Crippen molar-refractivity contribution in [2.45, 2.75) is 38.9 Å². The molecule has 1 saturated heterocycles. The number of hydrogen-bond donors (Lipinski definition) is 0. The molecule has 2 nitrogen and oxygen atoms in total. The number of fused-ring (bicyclic) bond motifs is 3. The molecule has 0 atom stereocenters. The Balaban J connectivity index is 1.76. The van der Waals surface area contributed by atoms with Crippen LogP contribution in [-0.4, -0.2) is 18.3 Å². The van der Waals surface area contributed by atoms with Crippen LogP contribution in [0.25, 0.3) is 31.3 Å². The van der Waals surface area contributed by atoms with Crippen LogP contribution in [-0.2, 0) is 9.31 Å². The monoisotopic (exact) mass is 386 g/mol. The van der Waals surface area contributed by atoms with Crippen molar-refractivity contribution in [1.82, 2.24) is 0 Å². The highest BCUT2D eigenvalue weighted by Gasteiger charge is 2.51. The Morgan fingerprint density at radius 1 is 0.750 bits per heavy atom. The maximum absolute atomic E-state index is 6.36. The average Bonchev–Trinajstić information content (AvgIpc) is 3.15. The smallest absolute Gasteiger partial charge is 0.399 e. The normalized spacial score (nSPS) is 18.2. The SMILES string of the molecule is CC1(C)OB(c2cc(-c3ccccc3)c3sc4ccccc4c3c2)OC1(C)C. The molecule has 1 aromatic heterocycles. The van der Waals surface area contributed by atoms with Crippen molar-refractivity contribution in [1.29, 1.82) is 0 Å². The van der Waals surface area contributed by atoms with Crippen molar-refractivity contribution in [3.63, 3.8) is 0 Å². The molecule has 0 unspecified atom stereocenters. The van der Waals surface area contributed by atoms with Gasteiger partial charge in [0.05, 0.1) is 11.2 Å². The van der Waals surface area contributed by atoms with Crippen LogP contribution in [0.4, 0.5) is 0 Å². The fourth-order valence-corrected chi connectivity index (χ4v) is 5.02. The minimum Gasteiger partial charge on any atom is -0.399 e. The molecule has 2 heterocycles. The van der Waals surface area contributed by atoms with Gasteiger partial charge in [0.15, 0.2) is 0 Å². The molecule has 4 heteroatoms. The first-order valence-corrected chi connectivity index (χ1v) is 10.5. The summed E-state index contributed by atoms with van der Waals surface area (Å²) >= 11 is 1.85. The summed E-state index contributed by atoms with van der Waals surface area (Å²) in [6.45, 7) is 8.40. The molecule has 0 N–H and O–H groups in total. The highest BCUT2D eigenvalue weighted by Crippen LogP contribution is 2.41. The highest BCUT2D eigenvalue weighted by atomic mass is 32.1. The molecule has 0 saturated carbocycles. The van der Waals surface area contributed by atoms with Crippen molar-refractivity contribution in [3.05, 3.63) is 66.7 Å². The van der Waals surface area contributed by atoms with Crippen LogP contribution < -0.4 is 5.46 Å². The second-order valence-corrected chi connectivity index (χ2v) is 9.55. The minimum absolute atomic E-state index is 0.351. The summed E-state index contributed by atoms with van der Waals surface area (Å²) < 4.78 is 15.3. The first-order valence-electron chi connectivity index (χ1n) is 9.72. The zero-order chi connectivity index (χ0) is 19.5. The van der Waals surface area contributed by atoms with Gasteiger partial charge in [0.2, 0.25) is 0 Å². The van der Waals surface area contributed by atoms with E-state index in [9.17, 15) is 0 Å². The number of rotatable bonds is 2. The average molecular weight is 386 g/mol. The number of thiophene rings is 1. The molecule has 140 valence electrons. The van der Waals surface area contributed by atoms with E-state index in [1.54, 1.807) is 0 Å². The molecule has 4 aromatic rings. The third-order valence-corrected chi connectivity index (χ3v) is 7.33. The molecule has 3 aromatic carbocycles. The van der Waals surface area contributed by atoms with Gasteiger partial charge in [0, 0.05) is 20.2 Å². The second kappa shape index (κ2) is 6.18. The first-order chi connectivity index (χ1) is 13.4. The minimum atomic E-state index is -0.365. The summed E-state index contributed by atoms with van der Waals surface area (Å²) in [7, 11) is -0.365. The largest absolute Gasteiger partial charge is 0.494 e. The van der Waals surface area contributed by atoms with E-state index in [1.165, 1.54) is 31.3 Å². The molecule has 0 aliphatic carbocycles. The number of benzene rings is 3. The third-order valence-electron chi connectivity index (χ3n) is 6.11. The summed E-state index contributed by atoms with van der Waals surface area (Å²) in [5.41, 5.74) is 2.84. The van der Waals surface area contributed by atoms with Gasteiger partial charge < -0.3 is 9.31 Å². The molecule has 28 heavy (non-hydrogen) atoms. The van der Waals surface area contributed by atoms with Crippen LogP contribution in [0, 0.1) is 0 Å². The predicted octanol–water partition coefficient (Wildman–Crippen LogP) is 6.02. The lowest BCUT2D eigenvalue weighted by Gasteiger charge is -2.32. The van der Waals surface area contributed by atoms with Crippen LogP contribution in [0.15, 0.2) is 66.7 Å². The molecule has 1 aliphatic heterocycles. The van der Waals surface area contributed by atoms with Gasteiger partial charge in [-0.05, 0) is 50.4 Å². The lowest BCUT2D eigenvalue weighted by atomic mass is 9.77. The van der Waals surface area contributed by atoms with Crippen molar-refractivity contribution in [2.24, 2.45) is 0 Å². The van der Waals surface area contributed by atoms with Crippen LogP contribution in [0.5, 0.6) is 0 Å². The van der Waals surface area contributed by atoms with Crippen LogP contribution >= 0.6 is 11.3 Å². The maximum Gasteiger partial charge on any atom is 0.494 e. The fraction of sp³-hybridized carbons (Fsp3) is 0.250. The fourth-order valence-electron chi connectivity index (χ4n) is 3.80. The van der Waals surface area contributed by atoms with Crippen LogP contribution in [0.2, 0.25) is 0 Å². The van der Waals surface area contributed by atoms with E-state index in [0.717, 1.165) is 5.46 Å². The van der Waals surface area contributed by atoms with Crippen molar-refractivity contribution < 1.29 is 9.31 Å².